The van der Waals surface area contributed by atoms with Crippen molar-refractivity contribution >= 4 is 5.97 Å². The van der Waals surface area contributed by atoms with Crippen LogP contribution in [0, 0.1) is 17.6 Å². The Morgan fingerprint density at radius 2 is 1.72 bits per heavy atom. The van der Waals surface area contributed by atoms with Gasteiger partial charge in [-0.1, -0.05) is 26.0 Å². The van der Waals surface area contributed by atoms with E-state index in [1.165, 1.54) is 12.1 Å². The van der Waals surface area contributed by atoms with Crippen molar-refractivity contribution < 1.29 is 23.0 Å². The Kier molecular flexibility index (Phi) is 5.77. The maximum Gasteiger partial charge on any atom is 0.349 e. The molecule has 0 fully saturated rings. The minimum Gasteiger partial charge on any atom is -0.476 e. The first kappa shape index (κ1) is 18.9. The van der Waals surface area contributed by atoms with Crippen LogP contribution in [0.15, 0.2) is 42.5 Å². The molecule has 0 aliphatic rings. The Labute approximate surface area is 146 Å². The van der Waals surface area contributed by atoms with Gasteiger partial charge in [-0.25, -0.2) is 13.6 Å². The van der Waals surface area contributed by atoms with Crippen LogP contribution in [0.1, 0.15) is 27.7 Å². The normalized spacial score (nSPS) is 11.5. The molecule has 0 radical (unpaired) electrons. The monoisotopic (exact) mass is 348 g/mol. The van der Waals surface area contributed by atoms with Gasteiger partial charge in [-0.05, 0) is 49.6 Å². The quantitative estimate of drug-likeness (QED) is 0.690. The van der Waals surface area contributed by atoms with Gasteiger partial charge in [-0.3, -0.25) is 0 Å². The molecular weight excluding hydrogens is 326 g/mol. The van der Waals surface area contributed by atoms with Gasteiger partial charge in [0.1, 0.15) is 17.4 Å². The van der Waals surface area contributed by atoms with Crippen LogP contribution >= 0.6 is 0 Å². The molecule has 2 rings (SSSR count). The topological polar surface area (TPSA) is 35.5 Å². The fraction of sp³-hybridized carbons (Fsp3) is 0.350. The van der Waals surface area contributed by atoms with E-state index in [0.29, 0.717) is 23.5 Å². The molecule has 0 saturated heterocycles. The largest absolute Gasteiger partial charge is 0.476 e. The summed E-state index contributed by atoms with van der Waals surface area (Å²) in [6.45, 7) is 7.49. The van der Waals surface area contributed by atoms with Crippen molar-refractivity contribution in [2.75, 3.05) is 6.61 Å². The van der Waals surface area contributed by atoms with Crippen molar-refractivity contribution in [3.05, 3.63) is 54.1 Å². The highest BCUT2D eigenvalue weighted by atomic mass is 19.1. The predicted octanol–water partition coefficient (Wildman–Crippen LogP) is 4.99. The Bertz CT molecular complexity index is 737. The molecule has 0 aromatic heterocycles. The van der Waals surface area contributed by atoms with Gasteiger partial charge in [0.15, 0.2) is 5.60 Å². The Hall–Kier alpha value is -2.43. The van der Waals surface area contributed by atoms with Crippen molar-refractivity contribution in [2.45, 2.75) is 33.3 Å². The molecule has 0 amide bonds. The number of hydrogen-bond donors (Lipinski definition) is 0. The highest BCUT2D eigenvalue weighted by Gasteiger charge is 2.32. The van der Waals surface area contributed by atoms with Gasteiger partial charge in [-0.2, -0.15) is 0 Å². The van der Waals surface area contributed by atoms with Gasteiger partial charge in [0, 0.05) is 11.6 Å². The van der Waals surface area contributed by atoms with Crippen LogP contribution in [0.4, 0.5) is 8.78 Å². The van der Waals surface area contributed by atoms with E-state index in [-0.39, 0.29) is 5.92 Å². The summed E-state index contributed by atoms with van der Waals surface area (Å²) in [6.07, 6.45) is 0. The molecule has 25 heavy (non-hydrogen) atoms. The fourth-order valence-electron chi connectivity index (χ4n) is 2.18. The van der Waals surface area contributed by atoms with Crippen LogP contribution in [0.25, 0.3) is 11.1 Å². The molecule has 134 valence electrons. The number of esters is 1. The SMILES string of the molecule is CC(C)COC(=O)C(C)(C)Oc1ccc(-c2ccc(F)cc2F)cc1. The standard InChI is InChI=1S/C20H22F2O3/c1-13(2)12-24-19(23)20(3,4)25-16-8-5-14(6-9-16)17-10-7-15(21)11-18(17)22/h5-11,13H,12H2,1-4H3. The summed E-state index contributed by atoms with van der Waals surface area (Å²) in [5, 5.41) is 0. The van der Waals surface area contributed by atoms with E-state index in [1.807, 2.05) is 13.8 Å². The van der Waals surface area contributed by atoms with E-state index in [4.69, 9.17) is 9.47 Å². The second-order valence-corrected chi connectivity index (χ2v) is 6.75. The molecule has 0 atom stereocenters. The molecule has 0 spiro atoms. The third-order valence-corrected chi connectivity index (χ3v) is 3.51. The van der Waals surface area contributed by atoms with Gasteiger partial charge < -0.3 is 9.47 Å². The van der Waals surface area contributed by atoms with Crippen molar-refractivity contribution in [2.24, 2.45) is 5.92 Å². The molecule has 0 aliphatic heterocycles. The Morgan fingerprint density at radius 3 is 2.28 bits per heavy atom. The molecule has 0 N–H and O–H groups in total. The highest BCUT2D eigenvalue weighted by molar-refractivity contribution is 5.79. The second kappa shape index (κ2) is 7.64. The molecule has 0 aliphatic carbocycles. The van der Waals surface area contributed by atoms with Gasteiger partial charge in [0.25, 0.3) is 0 Å². The lowest BCUT2D eigenvalue weighted by Gasteiger charge is -2.25. The van der Waals surface area contributed by atoms with Crippen molar-refractivity contribution in [3.8, 4) is 16.9 Å². The number of benzene rings is 2. The molecule has 0 bridgehead atoms. The molecule has 0 unspecified atom stereocenters. The number of hydrogen-bond acceptors (Lipinski definition) is 3. The van der Waals surface area contributed by atoms with Crippen LogP contribution in [0.3, 0.4) is 0 Å². The molecule has 0 heterocycles. The fourth-order valence-corrected chi connectivity index (χ4v) is 2.18. The van der Waals surface area contributed by atoms with Gasteiger partial charge in [-0.15, -0.1) is 0 Å². The first-order chi connectivity index (χ1) is 11.7. The Morgan fingerprint density at radius 1 is 1.08 bits per heavy atom. The van der Waals surface area contributed by atoms with Gasteiger partial charge in [0.2, 0.25) is 0 Å². The predicted molar refractivity (Wildman–Crippen MR) is 92.3 cm³/mol. The lowest BCUT2D eigenvalue weighted by Crippen LogP contribution is -2.40. The van der Waals surface area contributed by atoms with Crippen LogP contribution in [0.5, 0.6) is 5.75 Å². The smallest absolute Gasteiger partial charge is 0.349 e. The van der Waals surface area contributed by atoms with Gasteiger partial charge in [0.05, 0.1) is 6.61 Å². The van der Waals surface area contributed by atoms with Crippen molar-refractivity contribution in [1.29, 1.82) is 0 Å². The molecule has 3 nitrogen and oxygen atoms in total. The van der Waals surface area contributed by atoms with E-state index < -0.39 is 23.2 Å². The average molecular weight is 348 g/mol. The molecule has 2 aromatic carbocycles. The van der Waals surface area contributed by atoms with Crippen LogP contribution < -0.4 is 4.74 Å². The maximum atomic E-state index is 13.8. The first-order valence-corrected chi connectivity index (χ1v) is 8.11. The van der Waals surface area contributed by atoms with Crippen LogP contribution in [-0.2, 0) is 9.53 Å². The number of halogens is 2. The summed E-state index contributed by atoms with van der Waals surface area (Å²) in [6, 6.07) is 10.0. The lowest BCUT2D eigenvalue weighted by atomic mass is 10.0. The van der Waals surface area contributed by atoms with Gasteiger partial charge >= 0.3 is 5.97 Å². The number of ether oxygens (including phenoxy) is 2. The molecule has 2 aromatic rings. The summed E-state index contributed by atoms with van der Waals surface area (Å²) in [7, 11) is 0. The minimum absolute atomic E-state index is 0.240. The van der Waals surface area contributed by atoms with E-state index in [2.05, 4.69) is 0 Å². The summed E-state index contributed by atoms with van der Waals surface area (Å²) in [5.74, 6) is -1.01. The molecule has 0 saturated carbocycles. The van der Waals surface area contributed by atoms with Crippen molar-refractivity contribution in [3.63, 3.8) is 0 Å². The molecule has 5 heteroatoms. The minimum atomic E-state index is -1.14. The maximum absolute atomic E-state index is 13.8. The zero-order valence-corrected chi connectivity index (χ0v) is 14.8. The van der Waals surface area contributed by atoms with E-state index in [1.54, 1.807) is 38.1 Å². The third kappa shape index (κ3) is 5.02. The Balaban J connectivity index is 2.10. The highest BCUT2D eigenvalue weighted by Crippen LogP contribution is 2.27. The summed E-state index contributed by atoms with van der Waals surface area (Å²) < 4.78 is 37.7. The van der Waals surface area contributed by atoms with E-state index in [0.717, 1.165) is 6.07 Å². The zero-order chi connectivity index (χ0) is 18.6. The zero-order valence-electron chi connectivity index (χ0n) is 14.8. The summed E-state index contributed by atoms with van der Waals surface area (Å²) in [5.41, 5.74) is -0.258. The van der Waals surface area contributed by atoms with Crippen LogP contribution in [0.2, 0.25) is 0 Å². The lowest BCUT2D eigenvalue weighted by molar-refractivity contribution is -0.160. The average Bonchev–Trinajstić information content (AvgIpc) is 2.53. The van der Waals surface area contributed by atoms with Crippen LogP contribution in [-0.4, -0.2) is 18.2 Å². The summed E-state index contributed by atoms with van der Waals surface area (Å²) >= 11 is 0. The third-order valence-electron chi connectivity index (χ3n) is 3.51. The van der Waals surface area contributed by atoms with E-state index in [9.17, 15) is 13.6 Å². The second-order valence-electron chi connectivity index (χ2n) is 6.75. The molecular formula is C20H22F2O3. The van der Waals surface area contributed by atoms with Crippen molar-refractivity contribution in [1.82, 2.24) is 0 Å². The number of carbonyl (C=O) groups is 1. The number of rotatable bonds is 6. The summed E-state index contributed by atoms with van der Waals surface area (Å²) in [4.78, 5) is 12.1. The number of carbonyl (C=O) groups excluding carboxylic acids is 1. The van der Waals surface area contributed by atoms with E-state index >= 15 is 0 Å². The first-order valence-electron chi connectivity index (χ1n) is 8.11.